The zero-order valence-corrected chi connectivity index (χ0v) is 9.77. The van der Waals surface area contributed by atoms with Gasteiger partial charge in [-0.15, -0.1) is 0 Å². The highest BCUT2D eigenvalue weighted by Crippen LogP contribution is 2.29. The van der Waals surface area contributed by atoms with Crippen LogP contribution in [0.25, 0.3) is 21.1 Å². The van der Waals surface area contributed by atoms with Crippen LogP contribution < -0.4 is 10.7 Å². The van der Waals surface area contributed by atoms with E-state index in [9.17, 15) is 0 Å². The van der Waals surface area contributed by atoms with Gasteiger partial charge in [-0.05, 0) is 6.07 Å². The number of nitrogens with zero attached hydrogens (tertiary/aromatic N) is 1. The van der Waals surface area contributed by atoms with Crippen LogP contribution in [0.3, 0.4) is 0 Å². The maximum Gasteiger partial charge on any atom is 0.265 e. The van der Waals surface area contributed by atoms with Crippen LogP contribution in [-0.2, 0) is 6.42 Å². The van der Waals surface area contributed by atoms with Gasteiger partial charge in [-0.1, -0.05) is 36.5 Å². The molecule has 1 aromatic carbocycles. The zero-order valence-electron chi connectivity index (χ0n) is 8.95. The topological polar surface area (TPSA) is 53.0 Å². The van der Waals surface area contributed by atoms with Crippen LogP contribution in [0.1, 0.15) is 11.9 Å². The van der Waals surface area contributed by atoms with Crippen molar-refractivity contribution in [2.45, 2.75) is 13.3 Å². The molecule has 0 amide bonds. The average molecular weight is 230 g/mol. The number of aromatic nitrogens is 2. The van der Waals surface area contributed by atoms with Crippen LogP contribution in [0.2, 0.25) is 0 Å². The molecule has 0 aliphatic carbocycles. The predicted octanol–water partition coefficient (Wildman–Crippen LogP) is 2.41. The number of benzene rings is 1. The number of para-hydroxylation sites is 1. The summed E-state index contributed by atoms with van der Waals surface area (Å²) in [4.78, 5) is 7.74. The van der Waals surface area contributed by atoms with Gasteiger partial charge in [0.05, 0.1) is 5.52 Å². The number of anilines is 1. The Morgan fingerprint density at radius 1 is 1.38 bits per heavy atom. The molecule has 3 N–H and O–H groups in total. The fraction of sp³-hybridized carbons (Fsp3) is 0.167. The molecule has 3 rings (SSSR count). The third-order valence-corrected chi connectivity index (χ3v) is 3.95. The van der Waals surface area contributed by atoms with Gasteiger partial charge in [0, 0.05) is 11.8 Å². The van der Waals surface area contributed by atoms with Crippen molar-refractivity contribution in [2.24, 2.45) is 0 Å². The Kier molecular flexibility index (Phi) is 2.04. The number of nitrogens with one attached hydrogen (secondary N) is 1. The molecule has 2 aromatic heterocycles. The smallest absolute Gasteiger partial charge is 0.265 e. The molecule has 3 nitrogen and oxygen atoms in total. The fourth-order valence-corrected chi connectivity index (χ4v) is 2.96. The Bertz CT molecular complexity index is 672. The molecule has 80 valence electrons. The number of hydrogen-bond donors (Lipinski definition) is 1. The van der Waals surface area contributed by atoms with E-state index in [-0.39, 0.29) is 0 Å². The van der Waals surface area contributed by atoms with Crippen LogP contribution in [0.4, 0.5) is 5.82 Å². The number of rotatable bonds is 1. The van der Waals surface area contributed by atoms with Crippen LogP contribution >= 0.6 is 11.3 Å². The summed E-state index contributed by atoms with van der Waals surface area (Å²) in [7, 11) is 0. The molecule has 0 atom stereocenters. The molecule has 0 saturated carbocycles. The molecule has 0 fully saturated rings. The van der Waals surface area contributed by atoms with E-state index in [0.29, 0.717) is 5.82 Å². The number of thiazole rings is 1. The number of fused-ring (bicyclic) bond motifs is 3. The monoisotopic (exact) mass is 230 g/mol. The fourth-order valence-electron chi connectivity index (χ4n) is 1.88. The lowest BCUT2D eigenvalue weighted by molar-refractivity contribution is -0.349. The molecule has 0 aliphatic heterocycles. The summed E-state index contributed by atoms with van der Waals surface area (Å²) in [5, 5.41) is 2.41. The van der Waals surface area contributed by atoms with Crippen LogP contribution in [0, 0.1) is 0 Å². The average Bonchev–Trinajstić information content (AvgIpc) is 2.74. The lowest BCUT2D eigenvalue weighted by Gasteiger charge is -1.96. The molecule has 0 bridgehead atoms. The van der Waals surface area contributed by atoms with Crippen molar-refractivity contribution < 1.29 is 4.98 Å². The minimum Gasteiger partial charge on any atom is -0.378 e. The second-order valence-electron chi connectivity index (χ2n) is 3.72. The number of nitrogen functional groups attached to an aromatic ring is 1. The third-order valence-electron chi connectivity index (χ3n) is 2.68. The van der Waals surface area contributed by atoms with E-state index in [1.165, 1.54) is 15.1 Å². The van der Waals surface area contributed by atoms with Crippen LogP contribution in [0.15, 0.2) is 24.3 Å². The van der Waals surface area contributed by atoms with Gasteiger partial charge in [0.15, 0.2) is 5.82 Å². The second kappa shape index (κ2) is 3.42. The molecule has 0 spiro atoms. The van der Waals surface area contributed by atoms with Gasteiger partial charge in [-0.3, -0.25) is 0 Å². The van der Waals surface area contributed by atoms with E-state index in [2.05, 4.69) is 23.0 Å². The third kappa shape index (κ3) is 1.27. The molecule has 2 heterocycles. The maximum absolute atomic E-state index is 5.95. The van der Waals surface area contributed by atoms with Crippen LogP contribution in [0.5, 0.6) is 0 Å². The lowest BCUT2D eigenvalue weighted by atomic mass is 10.2. The van der Waals surface area contributed by atoms with Gasteiger partial charge in [0.2, 0.25) is 5.01 Å². The number of pyridine rings is 1. The first-order chi connectivity index (χ1) is 7.79. The summed E-state index contributed by atoms with van der Waals surface area (Å²) in [5.41, 5.74) is 7.89. The maximum atomic E-state index is 5.95. The van der Waals surface area contributed by atoms with E-state index in [0.717, 1.165) is 17.5 Å². The highest BCUT2D eigenvalue weighted by atomic mass is 32.1. The van der Waals surface area contributed by atoms with Crippen molar-refractivity contribution in [3.63, 3.8) is 0 Å². The van der Waals surface area contributed by atoms with Gasteiger partial charge in [-0.2, -0.15) is 4.98 Å². The highest BCUT2D eigenvalue weighted by Gasteiger charge is 2.16. The molecule has 4 heteroatoms. The summed E-state index contributed by atoms with van der Waals surface area (Å²) in [5.74, 6) is 0.588. The van der Waals surface area contributed by atoms with Crippen molar-refractivity contribution >= 4 is 38.3 Å². The first-order valence-electron chi connectivity index (χ1n) is 5.28. The largest absolute Gasteiger partial charge is 0.378 e. The van der Waals surface area contributed by atoms with Gasteiger partial charge in [0.25, 0.3) is 5.52 Å². The van der Waals surface area contributed by atoms with Crippen LogP contribution in [-0.4, -0.2) is 4.98 Å². The second-order valence-corrected chi connectivity index (χ2v) is 4.83. The van der Waals surface area contributed by atoms with Gasteiger partial charge in [-0.25, -0.2) is 4.98 Å². The highest BCUT2D eigenvalue weighted by molar-refractivity contribution is 7.19. The number of nitrogens with two attached hydrogens (primary N) is 1. The Hall–Kier alpha value is -1.68. The lowest BCUT2D eigenvalue weighted by Crippen LogP contribution is -2.07. The van der Waals surface area contributed by atoms with E-state index < -0.39 is 0 Å². The van der Waals surface area contributed by atoms with Gasteiger partial charge >= 0.3 is 0 Å². The first-order valence-corrected chi connectivity index (χ1v) is 6.10. The summed E-state index contributed by atoms with van der Waals surface area (Å²) in [6.07, 6.45) is 0.993. The first kappa shape index (κ1) is 9.54. The Balaban J connectivity index is 2.52. The van der Waals surface area contributed by atoms with Gasteiger partial charge in [0.1, 0.15) is 4.70 Å². The predicted molar refractivity (Wildman–Crippen MR) is 67.5 cm³/mol. The van der Waals surface area contributed by atoms with Crippen molar-refractivity contribution in [1.82, 2.24) is 4.98 Å². The molecule has 3 aromatic rings. The SMILES string of the molecule is CCc1[nH+]c2c(N)nc3ccccc3c2s1. The minimum atomic E-state index is 0.588. The molecule has 0 aliphatic rings. The van der Waals surface area contributed by atoms with E-state index in [1.54, 1.807) is 11.3 Å². The van der Waals surface area contributed by atoms with Crippen molar-refractivity contribution in [2.75, 3.05) is 5.73 Å². The van der Waals surface area contributed by atoms with E-state index in [4.69, 9.17) is 5.73 Å². The quantitative estimate of drug-likeness (QED) is 0.698. The number of aromatic amines is 1. The Labute approximate surface area is 96.9 Å². The molecule has 0 unspecified atom stereocenters. The summed E-state index contributed by atoms with van der Waals surface area (Å²) < 4.78 is 1.21. The minimum absolute atomic E-state index is 0.588. The van der Waals surface area contributed by atoms with E-state index >= 15 is 0 Å². The number of H-pyrrole nitrogens is 1. The summed E-state index contributed by atoms with van der Waals surface area (Å²) >= 11 is 1.77. The molecule has 0 radical (unpaired) electrons. The molecule has 16 heavy (non-hydrogen) atoms. The molecular formula is C12H12N3S+. The normalized spacial score (nSPS) is 11.3. The summed E-state index contributed by atoms with van der Waals surface area (Å²) in [6.45, 7) is 2.13. The number of aryl methyl sites for hydroxylation is 1. The van der Waals surface area contributed by atoms with Crippen molar-refractivity contribution in [3.8, 4) is 0 Å². The van der Waals surface area contributed by atoms with Gasteiger partial charge < -0.3 is 5.73 Å². The summed E-state index contributed by atoms with van der Waals surface area (Å²) in [6, 6.07) is 8.11. The number of hydrogen-bond acceptors (Lipinski definition) is 3. The van der Waals surface area contributed by atoms with E-state index in [1.807, 2.05) is 18.2 Å². The van der Waals surface area contributed by atoms with Crippen molar-refractivity contribution in [3.05, 3.63) is 29.3 Å². The Morgan fingerprint density at radius 2 is 2.19 bits per heavy atom. The Morgan fingerprint density at radius 3 is 3.00 bits per heavy atom. The molecular weight excluding hydrogens is 218 g/mol. The molecule has 0 saturated heterocycles. The zero-order chi connectivity index (χ0) is 11.1. The standard InChI is InChI=1S/C12H11N3S/c1-2-9-15-10-11(16-9)7-5-3-4-6-8(7)14-12(10)13/h3-6H,2H2,1H3,(H2,13,14)/p+1. The van der Waals surface area contributed by atoms with Crippen molar-refractivity contribution in [1.29, 1.82) is 0 Å².